The van der Waals surface area contributed by atoms with Crippen LogP contribution in [0.5, 0.6) is 5.75 Å². The van der Waals surface area contributed by atoms with Gasteiger partial charge >= 0.3 is 6.11 Å². The summed E-state index contributed by atoms with van der Waals surface area (Å²) in [6, 6.07) is 9.45. The fourth-order valence-electron chi connectivity index (χ4n) is 3.05. The first kappa shape index (κ1) is 21.7. The van der Waals surface area contributed by atoms with E-state index in [1.54, 1.807) is 24.3 Å². The summed E-state index contributed by atoms with van der Waals surface area (Å²) in [5.74, 6) is -6.22. The van der Waals surface area contributed by atoms with E-state index >= 15 is 0 Å². The molecule has 0 atom stereocenters. The number of benzene rings is 3. The Balaban J connectivity index is 1.94. The summed E-state index contributed by atoms with van der Waals surface area (Å²) in [6.45, 7) is 3.12. The minimum absolute atomic E-state index is 0.0695. The highest BCUT2D eigenvalue weighted by Gasteiger charge is 2.41. The highest BCUT2D eigenvalue weighted by Crippen LogP contribution is 2.37. The van der Waals surface area contributed by atoms with Gasteiger partial charge < -0.3 is 4.74 Å². The minimum atomic E-state index is -4.49. The lowest BCUT2D eigenvalue weighted by Gasteiger charge is -2.20. The Kier molecular flexibility index (Phi) is 6.10. The van der Waals surface area contributed by atoms with Crippen molar-refractivity contribution in [3.8, 4) is 16.9 Å². The molecule has 3 aromatic carbocycles. The third kappa shape index (κ3) is 4.45. The quantitative estimate of drug-likeness (QED) is 0.377. The van der Waals surface area contributed by atoms with E-state index in [1.807, 2.05) is 6.92 Å². The van der Waals surface area contributed by atoms with Gasteiger partial charge in [-0.05, 0) is 42.2 Å². The fraction of sp³-hybridized carbons (Fsp3) is 0.217. The highest BCUT2D eigenvalue weighted by atomic mass is 19.3. The number of ether oxygens (including phenoxy) is 1. The number of rotatable bonds is 6. The van der Waals surface area contributed by atoms with Crippen LogP contribution in [0.1, 0.15) is 30.0 Å². The van der Waals surface area contributed by atoms with Gasteiger partial charge in [0.2, 0.25) is 0 Å². The molecule has 0 aliphatic carbocycles. The third-order valence-corrected chi connectivity index (χ3v) is 4.66. The standard InChI is InChI=1S/C23H18F6O/c1-3-4-14-5-7-15(8-6-14)16-9-20(26)22(21(27)10-16)23(28,29)30-17-11-18(24)13(2)19(25)12-17/h5-12H,3-4H2,1-2H3. The largest absolute Gasteiger partial charge is 0.432 e. The van der Waals surface area contributed by atoms with Crippen LogP contribution < -0.4 is 4.74 Å². The van der Waals surface area contributed by atoms with Gasteiger partial charge in [0, 0.05) is 17.7 Å². The van der Waals surface area contributed by atoms with Crippen molar-refractivity contribution in [1.82, 2.24) is 0 Å². The van der Waals surface area contributed by atoms with Gasteiger partial charge in [0.1, 0.15) is 34.6 Å². The molecule has 0 aliphatic rings. The monoisotopic (exact) mass is 424 g/mol. The van der Waals surface area contributed by atoms with Gasteiger partial charge in [0.25, 0.3) is 0 Å². The number of hydrogen-bond donors (Lipinski definition) is 0. The van der Waals surface area contributed by atoms with Crippen LogP contribution in [0.25, 0.3) is 11.1 Å². The van der Waals surface area contributed by atoms with Crippen LogP contribution >= 0.6 is 0 Å². The molecule has 0 heterocycles. The van der Waals surface area contributed by atoms with Gasteiger partial charge in [-0.25, -0.2) is 17.6 Å². The molecule has 0 unspecified atom stereocenters. The van der Waals surface area contributed by atoms with Crippen molar-refractivity contribution in [2.24, 2.45) is 0 Å². The van der Waals surface area contributed by atoms with Crippen LogP contribution in [0.4, 0.5) is 26.3 Å². The van der Waals surface area contributed by atoms with Crippen molar-refractivity contribution >= 4 is 0 Å². The van der Waals surface area contributed by atoms with Gasteiger partial charge in [-0.2, -0.15) is 8.78 Å². The SMILES string of the molecule is CCCc1ccc(-c2cc(F)c(C(F)(F)Oc3cc(F)c(C)c(F)c3)c(F)c2)cc1. The average Bonchev–Trinajstić information content (AvgIpc) is 2.65. The highest BCUT2D eigenvalue weighted by molar-refractivity contribution is 5.64. The summed E-state index contributed by atoms with van der Waals surface area (Å²) in [6.07, 6.45) is -2.72. The first-order valence-electron chi connectivity index (χ1n) is 9.23. The molecule has 0 amide bonds. The van der Waals surface area contributed by atoms with Crippen LogP contribution in [0, 0.1) is 30.2 Å². The Morgan fingerprint density at radius 1 is 0.767 bits per heavy atom. The molecular formula is C23H18F6O. The lowest BCUT2D eigenvalue weighted by atomic mass is 10.00. The smallest absolute Gasteiger partial charge is 0.429 e. The van der Waals surface area contributed by atoms with Gasteiger partial charge in [-0.3, -0.25) is 0 Å². The summed E-state index contributed by atoms with van der Waals surface area (Å²) in [4.78, 5) is 0. The van der Waals surface area contributed by atoms with E-state index in [4.69, 9.17) is 0 Å². The number of alkyl halides is 2. The maximum absolute atomic E-state index is 14.5. The van der Waals surface area contributed by atoms with Gasteiger partial charge in [0.05, 0.1) is 0 Å². The maximum Gasteiger partial charge on any atom is 0.432 e. The molecule has 0 saturated carbocycles. The minimum Gasteiger partial charge on any atom is -0.429 e. The zero-order chi connectivity index (χ0) is 22.1. The lowest BCUT2D eigenvalue weighted by molar-refractivity contribution is -0.189. The van der Waals surface area contributed by atoms with Crippen molar-refractivity contribution in [1.29, 1.82) is 0 Å². The molecule has 0 bridgehead atoms. The van der Waals surface area contributed by atoms with E-state index in [-0.39, 0.29) is 5.56 Å². The first-order valence-corrected chi connectivity index (χ1v) is 9.23. The zero-order valence-corrected chi connectivity index (χ0v) is 16.2. The normalized spacial score (nSPS) is 11.6. The van der Waals surface area contributed by atoms with Crippen LogP contribution in [-0.4, -0.2) is 0 Å². The summed E-state index contributed by atoms with van der Waals surface area (Å²) in [5, 5.41) is 0. The molecule has 30 heavy (non-hydrogen) atoms. The molecule has 3 rings (SSSR count). The Morgan fingerprint density at radius 3 is 1.80 bits per heavy atom. The summed E-state index contributed by atoms with van der Waals surface area (Å²) in [5.41, 5.74) is -0.477. The van der Waals surface area contributed by atoms with Gasteiger partial charge in [-0.1, -0.05) is 37.6 Å². The molecule has 158 valence electrons. The molecule has 0 saturated heterocycles. The van der Waals surface area contributed by atoms with Crippen molar-refractivity contribution in [2.75, 3.05) is 0 Å². The van der Waals surface area contributed by atoms with Gasteiger partial charge in [-0.15, -0.1) is 0 Å². The van der Waals surface area contributed by atoms with Gasteiger partial charge in [0.15, 0.2) is 0 Å². The Morgan fingerprint density at radius 2 is 1.30 bits per heavy atom. The zero-order valence-electron chi connectivity index (χ0n) is 16.2. The molecule has 0 fully saturated rings. The molecule has 0 radical (unpaired) electrons. The number of aryl methyl sites for hydroxylation is 1. The summed E-state index contributed by atoms with van der Waals surface area (Å²) in [7, 11) is 0. The Hall–Kier alpha value is -2.96. The third-order valence-electron chi connectivity index (χ3n) is 4.66. The van der Waals surface area contributed by atoms with Crippen LogP contribution in [0.3, 0.4) is 0 Å². The first-order chi connectivity index (χ1) is 14.1. The van der Waals surface area contributed by atoms with Crippen LogP contribution in [-0.2, 0) is 12.5 Å². The molecule has 0 aromatic heterocycles. The average molecular weight is 424 g/mol. The van der Waals surface area contributed by atoms with E-state index in [0.717, 1.165) is 37.5 Å². The van der Waals surface area contributed by atoms with E-state index in [0.29, 0.717) is 17.7 Å². The second-order valence-corrected chi connectivity index (χ2v) is 6.89. The maximum atomic E-state index is 14.5. The van der Waals surface area contributed by atoms with Crippen molar-refractivity contribution in [3.63, 3.8) is 0 Å². The summed E-state index contributed by atoms with van der Waals surface area (Å²) >= 11 is 0. The molecule has 0 aliphatic heterocycles. The van der Waals surface area contributed by atoms with Crippen LogP contribution in [0.2, 0.25) is 0 Å². The topological polar surface area (TPSA) is 9.23 Å². The van der Waals surface area contributed by atoms with E-state index in [2.05, 4.69) is 4.74 Å². The molecular weight excluding hydrogens is 406 g/mol. The fourth-order valence-corrected chi connectivity index (χ4v) is 3.05. The Bertz CT molecular complexity index is 1010. The molecule has 0 N–H and O–H groups in total. The van der Waals surface area contributed by atoms with Crippen LogP contribution in [0.15, 0.2) is 48.5 Å². The molecule has 7 heteroatoms. The number of hydrogen-bond acceptors (Lipinski definition) is 1. The van der Waals surface area contributed by atoms with E-state index in [1.165, 1.54) is 0 Å². The molecule has 3 aromatic rings. The predicted octanol–water partition coefficient (Wildman–Crippen LogP) is 7.30. The lowest BCUT2D eigenvalue weighted by Crippen LogP contribution is -2.25. The van der Waals surface area contributed by atoms with Crippen molar-refractivity contribution in [2.45, 2.75) is 32.8 Å². The molecule has 1 nitrogen and oxygen atoms in total. The second-order valence-electron chi connectivity index (χ2n) is 6.89. The van der Waals surface area contributed by atoms with Crippen molar-refractivity contribution in [3.05, 3.63) is 88.5 Å². The summed E-state index contributed by atoms with van der Waals surface area (Å²) < 4.78 is 89.3. The predicted molar refractivity (Wildman–Crippen MR) is 101 cm³/mol. The Labute approximate surface area is 169 Å². The van der Waals surface area contributed by atoms with Crippen molar-refractivity contribution < 1.29 is 31.1 Å². The molecule has 0 spiro atoms. The van der Waals surface area contributed by atoms with E-state index < -0.39 is 46.3 Å². The van der Waals surface area contributed by atoms with E-state index in [9.17, 15) is 26.3 Å². The number of halogens is 6. The second kappa shape index (κ2) is 8.42.